The summed E-state index contributed by atoms with van der Waals surface area (Å²) < 4.78 is 18.8. The van der Waals surface area contributed by atoms with Gasteiger partial charge in [0.05, 0.1) is 19.1 Å². The highest BCUT2D eigenvalue weighted by Gasteiger charge is 2.87. The van der Waals surface area contributed by atoms with Crippen LogP contribution in [0.4, 0.5) is 0 Å². The lowest BCUT2D eigenvalue weighted by Crippen LogP contribution is -2.47. The molecule has 5 heteroatoms. The molecular weight excluding hydrogens is 368 g/mol. The second kappa shape index (κ2) is 5.83. The Morgan fingerprint density at radius 3 is 2.66 bits per heavy atom. The van der Waals surface area contributed by atoms with E-state index in [1.807, 2.05) is 42.5 Å². The Bertz CT molecular complexity index is 970. The molecule has 2 aromatic carbocycles. The summed E-state index contributed by atoms with van der Waals surface area (Å²) in [5.41, 5.74) is 0.681. The summed E-state index contributed by atoms with van der Waals surface area (Å²) in [6.07, 6.45) is 3.84. The Balaban J connectivity index is 1.20. The number of benzene rings is 2. The van der Waals surface area contributed by atoms with Crippen LogP contribution in [0.15, 0.2) is 54.6 Å². The molecule has 5 nitrogen and oxygen atoms in total. The van der Waals surface area contributed by atoms with E-state index in [0.717, 1.165) is 42.7 Å². The average Bonchev–Trinajstić information content (AvgIpc) is 3.60. The summed E-state index contributed by atoms with van der Waals surface area (Å²) >= 11 is 0. The van der Waals surface area contributed by atoms with E-state index in [4.69, 9.17) is 19.3 Å². The molecule has 5 unspecified atom stereocenters. The monoisotopic (exact) mass is 392 g/mol. The van der Waals surface area contributed by atoms with Crippen molar-refractivity contribution < 1.29 is 24.1 Å². The van der Waals surface area contributed by atoms with Crippen LogP contribution in [0.25, 0.3) is 0 Å². The van der Waals surface area contributed by atoms with Crippen molar-refractivity contribution in [3.63, 3.8) is 0 Å². The highest BCUT2D eigenvalue weighted by Crippen LogP contribution is 2.82. The van der Waals surface area contributed by atoms with Crippen LogP contribution in [0, 0.1) is 17.3 Å². The van der Waals surface area contributed by atoms with Gasteiger partial charge in [0, 0.05) is 5.41 Å². The molecule has 0 bridgehead atoms. The van der Waals surface area contributed by atoms with Crippen molar-refractivity contribution in [1.82, 2.24) is 0 Å². The van der Waals surface area contributed by atoms with E-state index >= 15 is 0 Å². The molecule has 3 aliphatic carbocycles. The lowest BCUT2D eigenvalue weighted by atomic mass is 9.62. The highest BCUT2D eigenvalue weighted by atomic mass is 16.6. The van der Waals surface area contributed by atoms with E-state index in [9.17, 15) is 4.79 Å². The molecule has 1 spiro atoms. The third kappa shape index (κ3) is 2.37. The second-order valence-electron chi connectivity index (χ2n) is 9.06. The summed E-state index contributed by atoms with van der Waals surface area (Å²) in [6.45, 7) is 1.14. The van der Waals surface area contributed by atoms with Crippen molar-refractivity contribution in [1.29, 1.82) is 0 Å². The van der Waals surface area contributed by atoms with Gasteiger partial charge in [0.2, 0.25) is 0 Å². The molecule has 0 aromatic heterocycles. The predicted octanol–water partition coefficient (Wildman–Crippen LogP) is 4.36. The first-order valence-corrected chi connectivity index (χ1v) is 10.4. The largest absolute Gasteiger partial charge is 0.481 e. The first kappa shape index (κ1) is 17.5. The maximum atomic E-state index is 11.1. The number of ether oxygens (including phenoxy) is 3. The van der Waals surface area contributed by atoms with Gasteiger partial charge >= 0.3 is 5.97 Å². The molecule has 3 saturated carbocycles. The van der Waals surface area contributed by atoms with Crippen molar-refractivity contribution in [3.05, 3.63) is 60.2 Å². The summed E-state index contributed by atoms with van der Waals surface area (Å²) in [5.74, 6) is 0.880. The molecule has 1 aliphatic heterocycles. The zero-order valence-electron chi connectivity index (χ0n) is 16.2. The van der Waals surface area contributed by atoms with Gasteiger partial charge in [-0.05, 0) is 61.4 Å². The van der Waals surface area contributed by atoms with Gasteiger partial charge < -0.3 is 19.3 Å². The van der Waals surface area contributed by atoms with Gasteiger partial charge in [0.1, 0.15) is 22.7 Å². The maximum absolute atomic E-state index is 11.1. The van der Waals surface area contributed by atoms with Crippen LogP contribution in [-0.2, 0) is 19.9 Å². The highest BCUT2D eigenvalue weighted by molar-refractivity contribution is 5.73. The molecule has 1 N–H and O–H groups in total. The quantitative estimate of drug-likeness (QED) is 0.758. The summed E-state index contributed by atoms with van der Waals surface area (Å²) in [5, 5.41) is 9.12. The zero-order chi connectivity index (χ0) is 19.7. The first-order chi connectivity index (χ1) is 14.1. The Hall–Kier alpha value is -2.37. The Morgan fingerprint density at radius 2 is 1.93 bits per heavy atom. The molecule has 2 aromatic rings. The van der Waals surface area contributed by atoms with Crippen LogP contribution < -0.4 is 4.74 Å². The average molecular weight is 392 g/mol. The number of para-hydroxylation sites is 1. The maximum Gasteiger partial charge on any atom is 0.306 e. The van der Waals surface area contributed by atoms with Gasteiger partial charge in [-0.2, -0.15) is 0 Å². The molecule has 150 valence electrons. The van der Waals surface area contributed by atoms with Crippen LogP contribution in [0.1, 0.15) is 31.2 Å². The number of aliphatic carboxylic acids is 1. The predicted molar refractivity (Wildman–Crippen MR) is 105 cm³/mol. The van der Waals surface area contributed by atoms with E-state index in [0.29, 0.717) is 13.2 Å². The number of hydrogen-bond donors (Lipinski definition) is 1. The molecule has 1 heterocycles. The van der Waals surface area contributed by atoms with E-state index in [2.05, 4.69) is 12.1 Å². The standard InChI is InChI=1S/C24H24O5/c25-21(26)20-11-16(20)13-27-23-14-22(23)9-10-24(22,28-15-23)17-5-4-8-19(12-17)29-18-6-2-1-3-7-18/h1-8,12,16,20H,9-11,13-15H2,(H,25,26). The normalized spacial score (nSPS) is 38.5. The van der Waals surface area contributed by atoms with Crippen molar-refractivity contribution >= 4 is 5.97 Å². The third-order valence-corrected chi connectivity index (χ3v) is 7.66. The van der Waals surface area contributed by atoms with Crippen molar-refractivity contribution in [2.75, 3.05) is 13.2 Å². The van der Waals surface area contributed by atoms with Gasteiger partial charge in [0.25, 0.3) is 0 Å². The Morgan fingerprint density at radius 1 is 1.10 bits per heavy atom. The minimum Gasteiger partial charge on any atom is -0.481 e. The van der Waals surface area contributed by atoms with Crippen LogP contribution in [-0.4, -0.2) is 29.9 Å². The van der Waals surface area contributed by atoms with E-state index in [-0.39, 0.29) is 28.5 Å². The van der Waals surface area contributed by atoms with Gasteiger partial charge in [-0.15, -0.1) is 0 Å². The summed E-state index contributed by atoms with van der Waals surface area (Å²) in [4.78, 5) is 11.1. The van der Waals surface area contributed by atoms with Crippen LogP contribution in [0.5, 0.6) is 11.5 Å². The van der Waals surface area contributed by atoms with Crippen molar-refractivity contribution in [3.8, 4) is 11.5 Å². The van der Waals surface area contributed by atoms with Gasteiger partial charge in [-0.25, -0.2) is 0 Å². The Labute approximate surface area is 169 Å². The fourth-order valence-electron chi connectivity index (χ4n) is 5.73. The smallest absolute Gasteiger partial charge is 0.306 e. The molecular formula is C24H24O5. The van der Waals surface area contributed by atoms with Gasteiger partial charge in [0.15, 0.2) is 0 Å². The van der Waals surface area contributed by atoms with E-state index in [1.54, 1.807) is 0 Å². The fraction of sp³-hybridized carbons (Fsp3) is 0.458. The van der Waals surface area contributed by atoms with Gasteiger partial charge in [-0.3, -0.25) is 4.79 Å². The minimum absolute atomic E-state index is 0.0407. The van der Waals surface area contributed by atoms with Crippen LogP contribution in [0.2, 0.25) is 0 Å². The zero-order valence-corrected chi connectivity index (χ0v) is 16.2. The fourth-order valence-corrected chi connectivity index (χ4v) is 5.73. The SMILES string of the molecule is O=C(O)C1CC1COC12COC3(c4cccc(Oc5ccccc5)c4)CCC13C2. The first-order valence-electron chi connectivity index (χ1n) is 10.4. The second-order valence-corrected chi connectivity index (χ2v) is 9.06. The molecule has 4 fully saturated rings. The topological polar surface area (TPSA) is 65.0 Å². The molecule has 6 rings (SSSR count). The number of carbonyl (C=O) groups is 1. The molecule has 5 atom stereocenters. The molecule has 0 radical (unpaired) electrons. The van der Waals surface area contributed by atoms with Crippen molar-refractivity contribution in [2.24, 2.45) is 17.3 Å². The minimum atomic E-state index is -0.697. The molecule has 29 heavy (non-hydrogen) atoms. The number of carboxylic acids is 1. The molecule has 4 aliphatic rings. The van der Waals surface area contributed by atoms with E-state index < -0.39 is 5.97 Å². The van der Waals surface area contributed by atoms with E-state index in [1.165, 1.54) is 0 Å². The third-order valence-electron chi connectivity index (χ3n) is 7.66. The summed E-state index contributed by atoms with van der Waals surface area (Å²) in [7, 11) is 0. The number of hydrogen-bond acceptors (Lipinski definition) is 4. The van der Waals surface area contributed by atoms with Gasteiger partial charge in [-0.1, -0.05) is 30.3 Å². The van der Waals surface area contributed by atoms with Crippen LogP contribution >= 0.6 is 0 Å². The number of rotatable bonds is 7. The Kier molecular flexibility index (Phi) is 3.52. The van der Waals surface area contributed by atoms with Crippen LogP contribution in [0.3, 0.4) is 0 Å². The molecule has 0 amide bonds. The lowest BCUT2D eigenvalue weighted by molar-refractivity contribution is -0.139. The summed E-state index contributed by atoms with van der Waals surface area (Å²) in [6, 6.07) is 18.0. The van der Waals surface area contributed by atoms with Crippen molar-refractivity contribution in [2.45, 2.75) is 36.9 Å². The molecule has 1 saturated heterocycles. The number of carboxylic acid groups (broad SMARTS) is 1. The lowest BCUT2D eigenvalue weighted by Gasteiger charge is -2.47.